The lowest BCUT2D eigenvalue weighted by molar-refractivity contribution is 0.0940. The first-order valence-electron chi connectivity index (χ1n) is 10.0. The molecular weight excluding hydrogens is 376 g/mol. The first-order chi connectivity index (χ1) is 14.6. The fourth-order valence-electron chi connectivity index (χ4n) is 2.86. The van der Waals surface area contributed by atoms with Crippen molar-refractivity contribution in [3.63, 3.8) is 0 Å². The number of hydrogen-bond acceptors (Lipinski definition) is 3. The summed E-state index contributed by atoms with van der Waals surface area (Å²) in [5.74, 6) is 0.0958. The molecule has 30 heavy (non-hydrogen) atoms. The van der Waals surface area contributed by atoms with Gasteiger partial charge in [0, 0.05) is 11.6 Å². The molecule has 154 valence electrons. The van der Waals surface area contributed by atoms with Crippen LogP contribution in [0.3, 0.4) is 0 Å². The van der Waals surface area contributed by atoms with Crippen molar-refractivity contribution in [3.05, 3.63) is 95.6 Å². The minimum absolute atomic E-state index is 0.0553. The predicted octanol–water partition coefficient (Wildman–Crippen LogP) is 5.05. The SMILES string of the molecule is CC[C@H](C)NC(=O)c1ccccc1NC(=O)c1cccc(OCc2ccccc2)c1. The summed E-state index contributed by atoms with van der Waals surface area (Å²) in [6, 6.07) is 23.9. The van der Waals surface area contributed by atoms with Crippen molar-refractivity contribution in [2.75, 3.05) is 5.32 Å². The fraction of sp³-hybridized carbons (Fsp3) is 0.200. The van der Waals surface area contributed by atoms with E-state index in [1.54, 1.807) is 42.5 Å². The van der Waals surface area contributed by atoms with Crippen LogP contribution in [0, 0.1) is 0 Å². The topological polar surface area (TPSA) is 67.4 Å². The Morgan fingerprint density at radius 3 is 2.40 bits per heavy atom. The van der Waals surface area contributed by atoms with E-state index in [0.29, 0.717) is 29.2 Å². The summed E-state index contributed by atoms with van der Waals surface area (Å²) in [7, 11) is 0. The van der Waals surface area contributed by atoms with Crippen molar-refractivity contribution >= 4 is 17.5 Å². The lowest BCUT2D eigenvalue weighted by Crippen LogP contribution is -2.32. The maximum Gasteiger partial charge on any atom is 0.255 e. The Hall–Kier alpha value is -3.60. The lowest BCUT2D eigenvalue weighted by atomic mass is 10.1. The highest BCUT2D eigenvalue weighted by atomic mass is 16.5. The summed E-state index contributed by atoms with van der Waals surface area (Å²) < 4.78 is 5.81. The Morgan fingerprint density at radius 2 is 1.63 bits per heavy atom. The van der Waals surface area contributed by atoms with E-state index in [1.807, 2.05) is 50.2 Å². The molecular formula is C25H26N2O3. The Morgan fingerprint density at radius 1 is 0.900 bits per heavy atom. The van der Waals surface area contributed by atoms with Gasteiger partial charge in [0.1, 0.15) is 12.4 Å². The molecule has 3 aromatic carbocycles. The van der Waals surface area contributed by atoms with Crippen LogP contribution in [0.15, 0.2) is 78.9 Å². The largest absolute Gasteiger partial charge is 0.489 e. The Bertz CT molecular complexity index is 1000. The summed E-state index contributed by atoms with van der Waals surface area (Å²) in [5.41, 5.74) is 2.41. The zero-order valence-electron chi connectivity index (χ0n) is 17.2. The van der Waals surface area contributed by atoms with Crippen molar-refractivity contribution in [2.45, 2.75) is 32.9 Å². The van der Waals surface area contributed by atoms with Gasteiger partial charge >= 0.3 is 0 Å². The van der Waals surface area contributed by atoms with Crippen LogP contribution in [-0.2, 0) is 6.61 Å². The highest BCUT2D eigenvalue weighted by Crippen LogP contribution is 2.19. The van der Waals surface area contributed by atoms with Crippen LogP contribution in [0.1, 0.15) is 46.5 Å². The van der Waals surface area contributed by atoms with E-state index in [1.165, 1.54) is 0 Å². The molecule has 0 aliphatic rings. The van der Waals surface area contributed by atoms with Crippen molar-refractivity contribution in [2.24, 2.45) is 0 Å². The quantitative estimate of drug-likeness (QED) is 0.554. The monoisotopic (exact) mass is 402 g/mol. The molecule has 0 fully saturated rings. The van der Waals surface area contributed by atoms with Gasteiger partial charge in [-0.1, -0.05) is 55.5 Å². The van der Waals surface area contributed by atoms with Gasteiger partial charge in [-0.15, -0.1) is 0 Å². The number of anilines is 1. The second-order valence-corrected chi connectivity index (χ2v) is 7.08. The standard InChI is InChI=1S/C25H26N2O3/c1-3-18(2)26-25(29)22-14-7-8-15-23(22)27-24(28)20-12-9-13-21(16-20)30-17-19-10-5-4-6-11-19/h4-16,18H,3,17H2,1-2H3,(H,26,29)(H,27,28)/t18-/m0/s1. The van der Waals surface area contributed by atoms with Crippen LogP contribution in [0.4, 0.5) is 5.69 Å². The van der Waals surface area contributed by atoms with E-state index in [0.717, 1.165) is 12.0 Å². The van der Waals surface area contributed by atoms with Gasteiger partial charge in [0.05, 0.1) is 11.3 Å². The lowest BCUT2D eigenvalue weighted by Gasteiger charge is -2.15. The van der Waals surface area contributed by atoms with Crippen LogP contribution < -0.4 is 15.4 Å². The number of carbonyl (C=O) groups excluding carboxylic acids is 2. The zero-order chi connectivity index (χ0) is 21.3. The van der Waals surface area contributed by atoms with Gasteiger partial charge in [0.2, 0.25) is 0 Å². The van der Waals surface area contributed by atoms with Crippen LogP contribution in [0.5, 0.6) is 5.75 Å². The number of ether oxygens (including phenoxy) is 1. The number of carbonyl (C=O) groups is 2. The molecule has 0 unspecified atom stereocenters. The summed E-state index contributed by atoms with van der Waals surface area (Å²) in [6.45, 7) is 4.37. The molecule has 2 N–H and O–H groups in total. The summed E-state index contributed by atoms with van der Waals surface area (Å²) >= 11 is 0. The molecule has 0 spiro atoms. The molecule has 5 nitrogen and oxygen atoms in total. The van der Waals surface area contributed by atoms with Gasteiger partial charge in [-0.3, -0.25) is 9.59 Å². The van der Waals surface area contributed by atoms with E-state index >= 15 is 0 Å². The average Bonchev–Trinajstić information content (AvgIpc) is 2.78. The molecule has 0 aliphatic carbocycles. The highest BCUT2D eigenvalue weighted by Gasteiger charge is 2.15. The Kier molecular flexibility index (Phi) is 7.22. The summed E-state index contributed by atoms with van der Waals surface area (Å²) in [6.07, 6.45) is 0.829. The molecule has 0 saturated heterocycles. The number of hydrogen-bond donors (Lipinski definition) is 2. The van der Waals surface area contributed by atoms with E-state index < -0.39 is 0 Å². The molecule has 0 aliphatic heterocycles. The van der Waals surface area contributed by atoms with Gasteiger partial charge in [-0.2, -0.15) is 0 Å². The zero-order valence-corrected chi connectivity index (χ0v) is 17.2. The maximum absolute atomic E-state index is 12.8. The van der Waals surface area contributed by atoms with Crippen molar-refractivity contribution < 1.29 is 14.3 Å². The number of amides is 2. The van der Waals surface area contributed by atoms with Crippen molar-refractivity contribution in [3.8, 4) is 5.75 Å². The van der Waals surface area contributed by atoms with Gasteiger partial charge < -0.3 is 15.4 Å². The molecule has 0 saturated carbocycles. The third-order valence-electron chi connectivity index (χ3n) is 4.75. The third kappa shape index (κ3) is 5.70. The predicted molar refractivity (Wildman–Crippen MR) is 119 cm³/mol. The van der Waals surface area contributed by atoms with E-state index in [-0.39, 0.29) is 17.9 Å². The number of rotatable bonds is 8. The summed E-state index contributed by atoms with van der Waals surface area (Å²) in [5, 5.41) is 5.78. The molecule has 0 heterocycles. The van der Waals surface area contributed by atoms with Gasteiger partial charge in [0.25, 0.3) is 11.8 Å². The first kappa shape index (κ1) is 21.1. The third-order valence-corrected chi connectivity index (χ3v) is 4.75. The van der Waals surface area contributed by atoms with Gasteiger partial charge in [0.15, 0.2) is 0 Å². The highest BCUT2D eigenvalue weighted by molar-refractivity contribution is 6.09. The molecule has 2 amide bonds. The molecule has 0 bridgehead atoms. The molecule has 5 heteroatoms. The first-order valence-corrected chi connectivity index (χ1v) is 10.0. The van der Waals surface area contributed by atoms with Crippen LogP contribution >= 0.6 is 0 Å². The Labute approximate surface area is 177 Å². The molecule has 3 rings (SSSR count). The van der Waals surface area contributed by atoms with Crippen molar-refractivity contribution in [1.29, 1.82) is 0 Å². The van der Waals surface area contributed by atoms with Gasteiger partial charge in [-0.25, -0.2) is 0 Å². The molecule has 1 atom stereocenters. The maximum atomic E-state index is 12.8. The van der Waals surface area contributed by atoms with Crippen LogP contribution in [0.25, 0.3) is 0 Å². The van der Waals surface area contributed by atoms with Crippen molar-refractivity contribution in [1.82, 2.24) is 5.32 Å². The second kappa shape index (κ2) is 10.3. The summed E-state index contributed by atoms with van der Waals surface area (Å²) in [4.78, 5) is 25.3. The minimum atomic E-state index is -0.302. The normalized spacial score (nSPS) is 11.4. The molecule has 3 aromatic rings. The van der Waals surface area contributed by atoms with Crippen LogP contribution in [0.2, 0.25) is 0 Å². The number of benzene rings is 3. The van der Waals surface area contributed by atoms with E-state index in [4.69, 9.17) is 4.74 Å². The number of para-hydroxylation sites is 1. The second-order valence-electron chi connectivity index (χ2n) is 7.08. The van der Waals surface area contributed by atoms with E-state index in [9.17, 15) is 9.59 Å². The average molecular weight is 402 g/mol. The van der Waals surface area contributed by atoms with Gasteiger partial charge in [-0.05, 0) is 49.2 Å². The fourth-order valence-corrected chi connectivity index (χ4v) is 2.86. The molecule has 0 aromatic heterocycles. The molecule has 0 radical (unpaired) electrons. The van der Waals surface area contributed by atoms with E-state index in [2.05, 4.69) is 10.6 Å². The van der Waals surface area contributed by atoms with Crippen LogP contribution in [-0.4, -0.2) is 17.9 Å². The smallest absolute Gasteiger partial charge is 0.255 e. The number of nitrogens with one attached hydrogen (secondary N) is 2. The Balaban J connectivity index is 1.70. The minimum Gasteiger partial charge on any atom is -0.489 e.